The molecule has 1 aliphatic rings. The van der Waals surface area contributed by atoms with E-state index in [-0.39, 0.29) is 10.6 Å². The summed E-state index contributed by atoms with van der Waals surface area (Å²) in [6, 6.07) is 0. The lowest BCUT2D eigenvalue weighted by atomic mass is 10.0. The van der Waals surface area contributed by atoms with Crippen LogP contribution in [0.5, 0.6) is 0 Å². The Bertz CT molecular complexity index is 467. The molecule has 0 N–H and O–H groups in total. The quantitative estimate of drug-likeness (QED) is 0.263. The lowest BCUT2D eigenvalue weighted by Gasteiger charge is -2.35. The number of allylic oxidation sites excluding steroid dienone is 3. The largest absolute Gasteiger partial charge is 0.413 e. The minimum absolute atomic E-state index is 0.129. The van der Waals surface area contributed by atoms with E-state index in [2.05, 4.69) is 73.7 Å². The highest BCUT2D eigenvalue weighted by molar-refractivity contribution is 6.74. The van der Waals surface area contributed by atoms with Crippen LogP contribution < -0.4 is 0 Å². The van der Waals surface area contributed by atoms with Crippen molar-refractivity contribution in [2.75, 3.05) is 6.61 Å². The first-order valence-electron chi connectivity index (χ1n) is 9.48. The third-order valence-electron chi connectivity index (χ3n) is 5.68. The molecule has 0 spiro atoms. The molecule has 0 aromatic rings. The summed E-state index contributed by atoms with van der Waals surface area (Å²) in [6.07, 6.45) is 9.70. The fourth-order valence-electron chi connectivity index (χ4n) is 2.46. The molecule has 0 aliphatic carbocycles. The average molecular weight is 353 g/mol. The van der Waals surface area contributed by atoms with E-state index in [1.165, 1.54) is 11.1 Å². The highest BCUT2D eigenvalue weighted by Gasteiger charge is 2.46. The van der Waals surface area contributed by atoms with E-state index in [4.69, 9.17) is 9.16 Å². The van der Waals surface area contributed by atoms with Crippen LogP contribution in [0.3, 0.4) is 0 Å². The van der Waals surface area contributed by atoms with Gasteiger partial charge in [0.25, 0.3) is 0 Å². The van der Waals surface area contributed by atoms with Gasteiger partial charge in [0.2, 0.25) is 0 Å². The van der Waals surface area contributed by atoms with Gasteiger partial charge in [0, 0.05) is 0 Å². The molecular formula is C21H40O2Si. The Labute approximate surface area is 151 Å². The molecule has 1 rings (SSSR count). The summed E-state index contributed by atoms with van der Waals surface area (Å²) in [5, 5.41) is 0.286. The average Bonchev–Trinajstić information content (AvgIpc) is 3.02. The summed E-state index contributed by atoms with van der Waals surface area (Å²) in [5.41, 5.74) is 3.06. The van der Waals surface area contributed by atoms with Crippen LogP contribution in [0.2, 0.25) is 18.1 Å². The van der Waals surface area contributed by atoms with Crippen LogP contribution in [-0.4, -0.2) is 26.6 Å². The maximum atomic E-state index is 6.22. The topological polar surface area (TPSA) is 21.8 Å². The molecule has 0 bridgehead atoms. The van der Waals surface area contributed by atoms with Crippen LogP contribution in [0, 0.1) is 0 Å². The molecule has 1 fully saturated rings. The minimum atomic E-state index is -1.62. The molecule has 0 radical (unpaired) electrons. The molecule has 140 valence electrons. The Hall–Kier alpha value is -0.383. The van der Waals surface area contributed by atoms with Crippen LogP contribution in [0.25, 0.3) is 0 Å². The maximum Gasteiger partial charge on any atom is 0.192 e. The van der Waals surface area contributed by atoms with E-state index in [0.717, 1.165) is 32.3 Å². The van der Waals surface area contributed by atoms with Gasteiger partial charge >= 0.3 is 0 Å². The molecular weight excluding hydrogens is 312 g/mol. The molecule has 24 heavy (non-hydrogen) atoms. The predicted octanol–water partition coefficient (Wildman–Crippen LogP) is 6.64. The fourth-order valence-corrected chi connectivity index (χ4v) is 3.39. The highest BCUT2D eigenvalue weighted by Crippen LogP contribution is 2.39. The molecule has 2 nitrogen and oxygen atoms in total. The summed E-state index contributed by atoms with van der Waals surface area (Å²) < 4.78 is 11.9. The zero-order valence-electron chi connectivity index (χ0n) is 17.6. The van der Waals surface area contributed by atoms with Crippen molar-refractivity contribution in [2.45, 2.75) is 104 Å². The second-order valence-electron chi connectivity index (χ2n) is 9.46. The molecule has 0 saturated carbocycles. The van der Waals surface area contributed by atoms with Gasteiger partial charge in [-0.25, -0.2) is 0 Å². The molecule has 3 heteroatoms. The third-order valence-corrected chi connectivity index (χ3v) is 10.2. The van der Waals surface area contributed by atoms with Crippen LogP contribution in [-0.2, 0) is 9.16 Å². The van der Waals surface area contributed by atoms with Crippen molar-refractivity contribution in [3.63, 3.8) is 0 Å². The first-order chi connectivity index (χ1) is 10.8. The SMILES string of the molecule is C/C(=C\CO[Si](C)(C)C(C)(C)C)CC/C=C(\C)CC[C@@H]1OC1(C)C. The fraction of sp³-hybridized carbons (Fsp3) is 0.810. The van der Waals surface area contributed by atoms with Crippen LogP contribution in [0.1, 0.15) is 74.1 Å². The highest BCUT2D eigenvalue weighted by atomic mass is 28.4. The summed E-state index contributed by atoms with van der Waals surface area (Å²) in [5.74, 6) is 0. The van der Waals surface area contributed by atoms with Crippen molar-refractivity contribution in [1.29, 1.82) is 0 Å². The summed E-state index contributed by atoms with van der Waals surface area (Å²) >= 11 is 0. The maximum absolute atomic E-state index is 6.22. The van der Waals surface area contributed by atoms with E-state index in [1.54, 1.807) is 0 Å². The van der Waals surface area contributed by atoms with E-state index < -0.39 is 8.32 Å². The molecule has 1 saturated heterocycles. The Morgan fingerprint density at radius 1 is 1.08 bits per heavy atom. The molecule has 0 amide bonds. The molecule has 1 aliphatic heterocycles. The number of epoxide rings is 1. The number of ether oxygens (including phenoxy) is 1. The van der Waals surface area contributed by atoms with Crippen molar-refractivity contribution in [1.82, 2.24) is 0 Å². The molecule has 1 atom stereocenters. The van der Waals surface area contributed by atoms with Gasteiger partial charge in [-0.2, -0.15) is 0 Å². The molecule has 0 aromatic carbocycles. The number of rotatable bonds is 9. The van der Waals surface area contributed by atoms with E-state index in [0.29, 0.717) is 6.10 Å². The van der Waals surface area contributed by atoms with E-state index in [1.807, 2.05) is 0 Å². The predicted molar refractivity (Wildman–Crippen MR) is 108 cm³/mol. The second kappa shape index (κ2) is 8.33. The summed E-state index contributed by atoms with van der Waals surface area (Å²) in [4.78, 5) is 0. The summed E-state index contributed by atoms with van der Waals surface area (Å²) in [7, 11) is -1.62. The van der Waals surface area contributed by atoms with Crippen molar-refractivity contribution < 1.29 is 9.16 Å². The molecule has 0 aromatic heterocycles. The number of hydrogen-bond acceptors (Lipinski definition) is 2. The zero-order chi connectivity index (χ0) is 18.6. The van der Waals surface area contributed by atoms with Crippen molar-refractivity contribution in [3.05, 3.63) is 23.3 Å². The monoisotopic (exact) mass is 352 g/mol. The third kappa shape index (κ3) is 7.24. The number of hydrogen-bond donors (Lipinski definition) is 0. The van der Waals surface area contributed by atoms with Crippen molar-refractivity contribution in [3.8, 4) is 0 Å². The van der Waals surface area contributed by atoms with Crippen LogP contribution in [0.15, 0.2) is 23.3 Å². The molecule has 1 heterocycles. The summed E-state index contributed by atoms with van der Waals surface area (Å²) in [6.45, 7) is 21.1. The van der Waals surface area contributed by atoms with E-state index in [9.17, 15) is 0 Å². The molecule has 0 unspecified atom stereocenters. The Morgan fingerprint density at radius 2 is 1.62 bits per heavy atom. The van der Waals surface area contributed by atoms with Gasteiger partial charge in [-0.1, -0.05) is 44.1 Å². The minimum Gasteiger partial charge on any atom is -0.413 e. The van der Waals surface area contributed by atoms with Crippen LogP contribution >= 0.6 is 0 Å². The normalized spacial score (nSPS) is 22.0. The lowest BCUT2D eigenvalue weighted by molar-refractivity contribution is 0.320. The Balaban J connectivity index is 2.25. The first-order valence-corrected chi connectivity index (χ1v) is 12.4. The first kappa shape index (κ1) is 21.7. The van der Waals surface area contributed by atoms with Crippen molar-refractivity contribution in [2.24, 2.45) is 0 Å². The van der Waals surface area contributed by atoms with Gasteiger partial charge < -0.3 is 9.16 Å². The van der Waals surface area contributed by atoms with E-state index >= 15 is 0 Å². The van der Waals surface area contributed by atoms with Gasteiger partial charge in [0.15, 0.2) is 8.32 Å². The van der Waals surface area contributed by atoms with Gasteiger partial charge in [-0.3, -0.25) is 0 Å². The lowest BCUT2D eigenvalue weighted by Crippen LogP contribution is -2.40. The standard InChI is InChI=1S/C21H40O2Si/c1-17(13-14-19-21(6,7)23-19)11-10-12-18(2)15-16-22-24(8,9)20(3,4)5/h11,15,19H,10,12-14,16H2,1-9H3/b17-11+,18-15+/t19-/m0/s1. The van der Waals surface area contributed by atoms with Gasteiger partial charge in [0.1, 0.15) is 0 Å². The zero-order valence-corrected chi connectivity index (χ0v) is 18.6. The van der Waals surface area contributed by atoms with Gasteiger partial charge in [-0.15, -0.1) is 0 Å². The van der Waals surface area contributed by atoms with Gasteiger partial charge in [0.05, 0.1) is 18.3 Å². The second-order valence-corrected chi connectivity index (χ2v) is 14.3. The Morgan fingerprint density at radius 3 is 2.12 bits per heavy atom. The van der Waals surface area contributed by atoms with Crippen LogP contribution in [0.4, 0.5) is 0 Å². The Kier molecular flexibility index (Phi) is 7.52. The smallest absolute Gasteiger partial charge is 0.192 e. The van der Waals surface area contributed by atoms with Crippen molar-refractivity contribution >= 4 is 8.32 Å². The van der Waals surface area contributed by atoms with Gasteiger partial charge in [-0.05, 0) is 71.5 Å².